The van der Waals surface area contributed by atoms with Crippen molar-refractivity contribution in [1.29, 1.82) is 0 Å². The maximum atomic E-state index is 13.7. The van der Waals surface area contributed by atoms with Crippen LogP contribution in [0.3, 0.4) is 0 Å². The van der Waals surface area contributed by atoms with E-state index in [1.165, 1.54) is 29.4 Å². The Morgan fingerprint density at radius 1 is 1.13 bits per heavy atom. The number of Topliss-reactive ketones (excluding diaryl/α,β-unsaturated/α-hetero) is 1. The molecule has 1 aromatic carbocycles. The van der Waals surface area contributed by atoms with E-state index in [1.807, 2.05) is 32.0 Å². The first-order chi connectivity index (χ1) is 18.6. The smallest absolute Gasteiger partial charge is 0.391 e. The molecule has 0 aliphatic carbocycles. The highest BCUT2D eigenvalue weighted by Crippen LogP contribution is 2.34. The molecular weight excluding hydrogens is 522 g/mol. The largest absolute Gasteiger partial charge is 0.414 e. The molecule has 39 heavy (non-hydrogen) atoms. The predicted octanol–water partition coefficient (Wildman–Crippen LogP) is 2.38. The number of sulfonamides is 1. The van der Waals surface area contributed by atoms with Gasteiger partial charge in [-0.1, -0.05) is 32.0 Å². The van der Waals surface area contributed by atoms with Crippen molar-refractivity contribution in [3.8, 4) is 5.88 Å². The minimum Gasteiger partial charge on any atom is -0.391 e. The van der Waals surface area contributed by atoms with Gasteiger partial charge in [-0.15, -0.1) is 0 Å². The number of amides is 2. The summed E-state index contributed by atoms with van der Waals surface area (Å²) in [7, 11) is -3.97. The van der Waals surface area contributed by atoms with Gasteiger partial charge in [-0.2, -0.15) is 4.31 Å². The Labute approximate surface area is 226 Å². The zero-order valence-corrected chi connectivity index (χ0v) is 22.4. The molecule has 2 aromatic heterocycles. The molecule has 2 fully saturated rings. The van der Waals surface area contributed by atoms with Gasteiger partial charge in [0.15, 0.2) is 5.78 Å². The SMILES string of the molecule is CC(C)CC(NC(=O)Oc1ccc2ccccc2n1)C(=O)N1CCC2C1C(=O)CN2S(=O)(=O)c1cccnc1. The van der Waals surface area contributed by atoms with Crippen LogP contribution in [0.25, 0.3) is 10.9 Å². The average Bonchev–Trinajstić information content (AvgIpc) is 3.49. The number of carbonyl (C=O) groups is 3. The Balaban J connectivity index is 1.31. The third-order valence-corrected chi connectivity index (χ3v) is 8.82. The van der Waals surface area contributed by atoms with Crippen LogP contribution in [-0.4, -0.2) is 76.6 Å². The van der Waals surface area contributed by atoms with Crippen LogP contribution in [0.1, 0.15) is 26.7 Å². The number of rotatable bonds is 7. The lowest BCUT2D eigenvalue weighted by molar-refractivity contribution is -0.138. The highest BCUT2D eigenvalue weighted by molar-refractivity contribution is 7.89. The number of nitrogens with zero attached hydrogens (tertiary/aromatic N) is 4. The van der Waals surface area contributed by atoms with E-state index in [2.05, 4.69) is 15.3 Å². The van der Waals surface area contributed by atoms with Gasteiger partial charge in [0.05, 0.1) is 18.1 Å². The topological polar surface area (TPSA) is 139 Å². The molecule has 3 atom stereocenters. The number of pyridine rings is 2. The van der Waals surface area contributed by atoms with Crippen molar-refractivity contribution in [2.24, 2.45) is 5.92 Å². The quantitative estimate of drug-likeness (QED) is 0.472. The average molecular weight is 552 g/mol. The van der Waals surface area contributed by atoms with Crippen LogP contribution in [0, 0.1) is 5.92 Å². The Hall–Kier alpha value is -3.90. The minimum absolute atomic E-state index is 0.00683. The molecule has 1 N–H and O–H groups in total. The molecule has 0 saturated carbocycles. The summed E-state index contributed by atoms with van der Waals surface area (Å²) in [5.41, 5.74) is 0.659. The number of hydrogen-bond donors (Lipinski definition) is 1. The lowest BCUT2D eigenvalue weighted by Crippen LogP contribution is -2.53. The van der Waals surface area contributed by atoms with Crippen molar-refractivity contribution < 1.29 is 27.5 Å². The number of nitrogens with one attached hydrogen (secondary N) is 1. The molecule has 11 nitrogen and oxygen atoms in total. The van der Waals surface area contributed by atoms with Crippen molar-refractivity contribution in [2.75, 3.05) is 13.1 Å². The molecule has 2 aliphatic heterocycles. The molecular formula is C27H29N5O6S. The zero-order valence-electron chi connectivity index (χ0n) is 21.6. The fourth-order valence-electron chi connectivity index (χ4n) is 5.24. The molecule has 0 spiro atoms. The number of fused-ring (bicyclic) bond motifs is 2. The zero-order chi connectivity index (χ0) is 27.7. The van der Waals surface area contributed by atoms with Gasteiger partial charge in [-0.25, -0.2) is 18.2 Å². The van der Waals surface area contributed by atoms with Crippen LogP contribution < -0.4 is 10.1 Å². The minimum atomic E-state index is -3.97. The Morgan fingerprint density at radius 3 is 2.67 bits per heavy atom. The summed E-state index contributed by atoms with van der Waals surface area (Å²) in [6.45, 7) is 3.69. The lowest BCUT2D eigenvalue weighted by atomic mass is 10.0. The molecule has 2 aliphatic rings. The second-order valence-corrected chi connectivity index (χ2v) is 12.0. The van der Waals surface area contributed by atoms with Gasteiger partial charge in [-0.3, -0.25) is 14.6 Å². The molecule has 3 aromatic rings. The van der Waals surface area contributed by atoms with Crippen LogP contribution in [0.5, 0.6) is 5.88 Å². The molecule has 12 heteroatoms. The van der Waals surface area contributed by atoms with Gasteiger partial charge in [0.25, 0.3) is 0 Å². The maximum Gasteiger partial charge on any atom is 0.414 e. The summed E-state index contributed by atoms with van der Waals surface area (Å²) < 4.78 is 33.0. The van der Waals surface area contributed by atoms with Crippen molar-refractivity contribution in [2.45, 2.75) is 49.7 Å². The second-order valence-electron chi connectivity index (χ2n) is 10.1. The van der Waals surface area contributed by atoms with Gasteiger partial charge < -0.3 is 15.0 Å². The third kappa shape index (κ3) is 5.34. The van der Waals surface area contributed by atoms with Crippen molar-refractivity contribution >= 4 is 38.7 Å². The Bertz CT molecular complexity index is 1510. The molecule has 3 unspecified atom stereocenters. The number of benzene rings is 1. The number of ketones is 1. The van der Waals surface area contributed by atoms with Crippen LogP contribution >= 0.6 is 0 Å². The molecule has 5 rings (SSSR count). The summed E-state index contributed by atoms with van der Waals surface area (Å²) in [4.78, 5) is 49.1. The number of carbonyl (C=O) groups excluding carboxylic acids is 3. The summed E-state index contributed by atoms with van der Waals surface area (Å²) in [6.07, 6.45) is 2.48. The molecule has 0 bridgehead atoms. The van der Waals surface area contributed by atoms with Crippen LogP contribution in [0.4, 0.5) is 4.79 Å². The standard InChI is InChI=1S/C27H29N5O6S/c1-17(2)14-21(30-27(35)38-24-10-9-18-6-3-4-8-20(18)29-24)26(34)31-13-11-22-25(31)23(33)16-32(22)39(36,37)19-7-5-12-28-15-19/h3-10,12,15,17,21-22,25H,11,13-14,16H2,1-2H3,(H,30,35). The highest BCUT2D eigenvalue weighted by Gasteiger charge is 2.54. The van der Waals surface area contributed by atoms with Gasteiger partial charge in [0.1, 0.15) is 17.0 Å². The first-order valence-electron chi connectivity index (χ1n) is 12.7. The predicted molar refractivity (Wildman–Crippen MR) is 141 cm³/mol. The van der Waals surface area contributed by atoms with Gasteiger partial charge >= 0.3 is 6.09 Å². The van der Waals surface area contributed by atoms with E-state index in [9.17, 15) is 22.8 Å². The fourth-order valence-corrected chi connectivity index (χ4v) is 6.83. The molecule has 2 amide bonds. The second kappa shape index (κ2) is 10.7. The highest BCUT2D eigenvalue weighted by atomic mass is 32.2. The first-order valence-corrected chi connectivity index (χ1v) is 14.2. The number of likely N-dealkylation sites (tertiary alicyclic amines) is 1. The monoisotopic (exact) mass is 551 g/mol. The van der Waals surface area contributed by atoms with Crippen LogP contribution in [0.2, 0.25) is 0 Å². The van der Waals surface area contributed by atoms with Crippen LogP contribution in [-0.2, 0) is 19.6 Å². The van der Waals surface area contributed by atoms with Gasteiger partial charge in [0, 0.05) is 30.4 Å². The van der Waals surface area contributed by atoms with E-state index < -0.39 is 40.1 Å². The van der Waals surface area contributed by atoms with E-state index in [0.29, 0.717) is 18.4 Å². The number of ether oxygens (including phenoxy) is 1. The summed E-state index contributed by atoms with van der Waals surface area (Å²) >= 11 is 0. The van der Waals surface area contributed by atoms with Crippen molar-refractivity contribution in [1.82, 2.24) is 24.5 Å². The lowest BCUT2D eigenvalue weighted by Gasteiger charge is -2.28. The number of aromatic nitrogens is 2. The van der Waals surface area contributed by atoms with Crippen LogP contribution in [0.15, 0.2) is 65.8 Å². The third-order valence-electron chi connectivity index (χ3n) is 6.97. The Kier molecular flexibility index (Phi) is 7.32. The van der Waals surface area contributed by atoms with Crippen molar-refractivity contribution in [3.63, 3.8) is 0 Å². The summed E-state index contributed by atoms with van der Waals surface area (Å²) in [5, 5.41) is 3.53. The number of hydrogen-bond acceptors (Lipinski definition) is 8. The van der Waals surface area contributed by atoms with E-state index in [-0.39, 0.29) is 35.6 Å². The van der Waals surface area contributed by atoms with Crippen molar-refractivity contribution in [3.05, 3.63) is 60.9 Å². The number of para-hydroxylation sites is 1. The van der Waals surface area contributed by atoms with E-state index in [1.54, 1.807) is 18.2 Å². The normalized spacial score (nSPS) is 20.3. The summed E-state index contributed by atoms with van der Waals surface area (Å²) in [5.74, 6) is -0.679. The molecule has 4 heterocycles. The van der Waals surface area contributed by atoms with E-state index in [0.717, 1.165) is 9.69 Å². The maximum absolute atomic E-state index is 13.7. The first kappa shape index (κ1) is 26.7. The Morgan fingerprint density at radius 2 is 1.92 bits per heavy atom. The molecule has 0 radical (unpaired) electrons. The fraction of sp³-hybridized carbons (Fsp3) is 0.370. The molecule has 2 saturated heterocycles. The van der Waals surface area contributed by atoms with E-state index >= 15 is 0 Å². The summed E-state index contributed by atoms with van der Waals surface area (Å²) in [6, 6.07) is 11.1. The van der Waals surface area contributed by atoms with Gasteiger partial charge in [0.2, 0.25) is 21.8 Å². The van der Waals surface area contributed by atoms with Gasteiger partial charge in [-0.05, 0) is 43.0 Å². The van der Waals surface area contributed by atoms with E-state index in [4.69, 9.17) is 4.74 Å². The molecule has 204 valence electrons.